The maximum atomic E-state index is 9.80. The summed E-state index contributed by atoms with van der Waals surface area (Å²) < 4.78 is 0. The van der Waals surface area contributed by atoms with Gasteiger partial charge < -0.3 is 21.1 Å². The fraction of sp³-hybridized carbons (Fsp3) is 0.364. The number of hydrogen-bond donors (Lipinski definition) is 4. The average molecular weight is 224 g/mol. The van der Waals surface area contributed by atoms with Gasteiger partial charge in [-0.2, -0.15) is 0 Å². The number of nitrogens with two attached hydrogens (primary N) is 1. The van der Waals surface area contributed by atoms with Crippen LogP contribution in [-0.2, 0) is 0 Å². The monoisotopic (exact) mass is 224 g/mol. The minimum absolute atomic E-state index is 0.0136. The number of phenolic OH excluding ortho intramolecular Hbond substituents is 2. The maximum Gasteiger partial charge on any atom is 0.157 e. The molecule has 0 saturated heterocycles. The minimum atomic E-state index is -1.08. The van der Waals surface area contributed by atoms with Crippen molar-refractivity contribution in [1.82, 2.24) is 0 Å². The summed E-state index contributed by atoms with van der Waals surface area (Å²) in [6.45, 7) is 3.68. The topological polar surface area (TPSA) is 99.1 Å². The van der Waals surface area contributed by atoms with E-state index in [1.165, 1.54) is 18.2 Å². The minimum Gasteiger partial charge on any atom is -0.504 e. The third-order valence-electron chi connectivity index (χ3n) is 2.00. The molecule has 0 radical (unpaired) electrons. The highest BCUT2D eigenvalue weighted by Gasteiger charge is 2.14. The molecule has 5 heteroatoms. The zero-order chi connectivity index (χ0) is 12.3. The van der Waals surface area contributed by atoms with E-state index in [-0.39, 0.29) is 23.4 Å². The van der Waals surface area contributed by atoms with Crippen molar-refractivity contribution >= 4 is 5.84 Å². The van der Waals surface area contributed by atoms with E-state index >= 15 is 0 Å². The molecule has 0 aromatic heterocycles. The van der Waals surface area contributed by atoms with Crippen LogP contribution in [0.3, 0.4) is 0 Å². The summed E-state index contributed by atoms with van der Waals surface area (Å²) in [5, 5.41) is 28.2. The number of nitrogens with zero attached hydrogens (tertiary/aromatic N) is 1. The largest absolute Gasteiger partial charge is 0.504 e. The molecule has 0 unspecified atom stereocenters. The van der Waals surface area contributed by atoms with E-state index in [9.17, 15) is 10.2 Å². The van der Waals surface area contributed by atoms with Crippen LogP contribution in [0.4, 0.5) is 0 Å². The Morgan fingerprint density at radius 1 is 1.25 bits per heavy atom. The van der Waals surface area contributed by atoms with E-state index in [2.05, 4.69) is 4.99 Å². The molecular weight excluding hydrogens is 208 g/mol. The molecule has 1 aromatic rings. The highest BCUT2D eigenvalue weighted by atomic mass is 16.3. The Labute approximate surface area is 93.9 Å². The summed E-state index contributed by atoms with van der Waals surface area (Å²) in [4.78, 5) is 4.01. The molecule has 0 fully saturated rings. The maximum absolute atomic E-state index is 9.80. The SMILES string of the molecule is CC(C)N=C(N)[C@@H](O)c1ccc(O)c(O)c1. The summed E-state index contributed by atoms with van der Waals surface area (Å²) in [5.41, 5.74) is 5.98. The summed E-state index contributed by atoms with van der Waals surface area (Å²) in [6.07, 6.45) is -1.08. The molecule has 5 N–H and O–H groups in total. The Morgan fingerprint density at radius 3 is 2.38 bits per heavy atom. The van der Waals surface area contributed by atoms with Crippen LogP contribution in [0, 0.1) is 0 Å². The Morgan fingerprint density at radius 2 is 1.88 bits per heavy atom. The highest BCUT2D eigenvalue weighted by Crippen LogP contribution is 2.27. The van der Waals surface area contributed by atoms with Crippen LogP contribution in [0.5, 0.6) is 11.5 Å². The zero-order valence-corrected chi connectivity index (χ0v) is 9.25. The van der Waals surface area contributed by atoms with Gasteiger partial charge in [-0.1, -0.05) is 6.07 Å². The highest BCUT2D eigenvalue weighted by molar-refractivity contribution is 5.86. The molecule has 0 spiro atoms. The number of aliphatic imine (C=N–C) groups is 1. The number of phenols is 2. The van der Waals surface area contributed by atoms with Crippen LogP contribution in [0.2, 0.25) is 0 Å². The van der Waals surface area contributed by atoms with Gasteiger partial charge in [0, 0.05) is 6.04 Å². The van der Waals surface area contributed by atoms with Gasteiger partial charge in [0.05, 0.1) is 0 Å². The van der Waals surface area contributed by atoms with E-state index in [1.807, 2.05) is 13.8 Å². The first kappa shape index (κ1) is 12.3. The third-order valence-corrected chi connectivity index (χ3v) is 2.00. The van der Waals surface area contributed by atoms with Crippen molar-refractivity contribution in [2.45, 2.75) is 26.0 Å². The van der Waals surface area contributed by atoms with Crippen molar-refractivity contribution in [3.05, 3.63) is 23.8 Å². The second-order valence-electron chi connectivity index (χ2n) is 3.80. The van der Waals surface area contributed by atoms with Crippen LogP contribution in [-0.4, -0.2) is 27.2 Å². The van der Waals surface area contributed by atoms with Gasteiger partial charge in [-0.25, -0.2) is 0 Å². The summed E-state index contributed by atoms with van der Waals surface area (Å²) in [5.74, 6) is -0.454. The Hall–Kier alpha value is -1.75. The van der Waals surface area contributed by atoms with Gasteiger partial charge in [0.15, 0.2) is 11.5 Å². The van der Waals surface area contributed by atoms with Gasteiger partial charge in [0.2, 0.25) is 0 Å². The fourth-order valence-corrected chi connectivity index (χ4v) is 1.25. The molecule has 16 heavy (non-hydrogen) atoms. The number of aliphatic hydroxyl groups excluding tert-OH is 1. The molecule has 1 rings (SSSR count). The quantitative estimate of drug-likeness (QED) is 0.348. The molecule has 0 aliphatic carbocycles. The molecule has 0 aliphatic rings. The van der Waals surface area contributed by atoms with Gasteiger partial charge in [-0.05, 0) is 31.5 Å². The Bertz CT molecular complexity index is 402. The zero-order valence-electron chi connectivity index (χ0n) is 9.25. The summed E-state index contributed by atoms with van der Waals surface area (Å²) >= 11 is 0. The van der Waals surface area contributed by atoms with Crippen molar-refractivity contribution in [2.24, 2.45) is 10.7 Å². The lowest BCUT2D eigenvalue weighted by Crippen LogP contribution is -2.23. The first-order valence-electron chi connectivity index (χ1n) is 4.95. The number of amidine groups is 1. The van der Waals surface area contributed by atoms with Gasteiger partial charge in [-0.3, -0.25) is 4.99 Å². The average Bonchev–Trinajstić information content (AvgIpc) is 2.20. The molecule has 1 atom stereocenters. The molecule has 0 heterocycles. The molecule has 0 amide bonds. The number of hydrogen-bond acceptors (Lipinski definition) is 4. The second kappa shape index (κ2) is 4.85. The number of rotatable bonds is 3. The molecule has 1 aromatic carbocycles. The van der Waals surface area contributed by atoms with Crippen molar-refractivity contribution in [3.63, 3.8) is 0 Å². The van der Waals surface area contributed by atoms with E-state index in [4.69, 9.17) is 10.8 Å². The van der Waals surface area contributed by atoms with E-state index in [0.717, 1.165) is 0 Å². The molecule has 5 nitrogen and oxygen atoms in total. The smallest absolute Gasteiger partial charge is 0.157 e. The summed E-state index contributed by atoms with van der Waals surface area (Å²) in [6, 6.07) is 4.00. The lowest BCUT2D eigenvalue weighted by atomic mass is 10.1. The van der Waals surface area contributed by atoms with Crippen LogP contribution in [0.15, 0.2) is 23.2 Å². The molecule has 0 aliphatic heterocycles. The van der Waals surface area contributed by atoms with Crippen molar-refractivity contribution in [3.8, 4) is 11.5 Å². The van der Waals surface area contributed by atoms with Crippen molar-refractivity contribution in [1.29, 1.82) is 0 Å². The normalized spacial score (nSPS) is 14.1. The van der Waals surface area contributed by atoms with Gasteiger partial charge >= 0.3 is 0 Å². The first-order chi connectivity index (χ1) is 7.41. The first-order valence-corrected chi connectivity index (χ1v) is 4.95. The van der Waals surface area contributed by atoms with E-state index in [1.54, 1.807) is 0 Å². The summed E-state index contributed by atoms with van der Waals surface area (Å²) in [7, 11) is 0. The van der Waals surface area contributed by atoms with Crippen LogP contribution < -0.4 is 5.73 Å². The lowest BCUT2D eigenvalue weighted by Gasteiger charge is -2.12. The second-order valence-corrected chi connectivity index (χ2v) is 3.80. The third kappa shape index (κ3) is 2.87. The molecule has 88 valence electrons. The van der Waals surface area contributed by atoms with Crippen molar-refractivity contribution in [2.75, 3.05) is 0 Å². The number of aromatic hydroxyl groups is 2. The predicted molar refractivity (Wildman–Crippen MR) is 61.5 cm³/mol. The van der Waals surface area contributed by atoms with Crippen LogP contribution in [0.1, 0.15) is 25.5 Å². The van der Waals surface area contributed by atoms with Gasteiger partial charge in [0.25, 0.3) is 0 Å². The Balaban J connectivity index is 2.96. The molecule has 0 saturated carbocycles. The fourth-order valence-electron chi connectivity index (χ4n) is 1.25. The van der Waals surface area contributed by atoms with Gasteiger partial charge in [-0.15, -0.1) is 0 Å². The molecule has 0 bridgehead atoms. The van der Waals surface area contributed by atoms with Crippen molar-refractivity contribution < 1.29 is 15.3 Å². The lowest BCUT2D eigenvalue weighted by molar-refractivity contribution is 0.244. The molecular formula is C11H16N2O3. The number of aliphatic hydroxyl groups is 1. The van der Waals surface area contributed by atoms with Crippen LogP contribution in [0.25, 0.3) is 0 Å². The predicted octanol–water partition coefficient (Wildman–Crippen LogP) is 0.897. The van der Waals surface area contributed by atoms with Crippen LogP contribution >= 0.6 is 0 Å². The standard InChI is InChI=1S/C11H16N2O3/c1-6(2)13-11(12)10(16)7-3-4-8(14)9(15)5-7/h3-6,10,14-16H,1-2H3,(H2,12,13)/t10-/m0/s1. The Kier molecular flexibility index (Phi) is 3.73. The van der Waals surface area contributed by atoms with E-state index in [0.29, 0.717) is 5.56 Å². The van der Waals surface area contributed by atoms with Gasteiger partial charge in [0.1, 0.15) is 11.9 Å². The van der Waals surface area contributed by atoms with E-state index < -0.39 is 6.10 Å². The number of benzene rings is 1.